The molecule has 0 aromatic carbocycles. The minimum atomic E-state index is 0.219. The summed E-state index contributed by atoms with van der Waals surface area (Å²) in [5, 5.41) is 3.02. The van der Waals surface area contributed by atoms with Crippen LogP contribution in [0.1, 0.15) is 37.4 Å². The fourth-order valence-electron chi connectivity index (χ4n) is 1.56. The van der Waals surface area contributed by atoms with Crippen LogP contribution < -0.4 is 0 Å². The van der Waals surface area contributed by atoms with Gasteiger partial charge in [0.05, 0.1) is 10.7 Å². The van der Waals surface area contributed by atoms with Gasteiger partial charge in [0.15, 0.2) is 0 Å². The number of carbonyl (C=O) groups excluding carboxylic acids is 1. The molecule has 0 aliphatic heterocycles. The van der Waals surface area contributed by atoms with Crippen LogP contribution in [0.4, 0.5) is 0 Å². The van der Waals surface area contributed by atoms with E-state index in [1.165, 1.54) is 0 Å². The zero-order valence-electron chi connectivity index (χ0n) is 9.04. The van der Waals surface area contributed by atoms with Gasteiger partial charge in [-0.15, -0.1) is 11.3 Å². The van der Waals surface area contributed by atoms with Crippen molar-refractivity contribution in [1.29, 1.82) is 0 Å². The summed E-state index contributed by atoms with van der Waals surface area (Å²) >= 11 is 1.61. The van der Waals surface area contributed by atoms with E-state index in [0.29, 0.717) is 12.2 Å². The Labute approximate surface area is 89.4 Å². The van der Waals surface area contributed by atoms with Gasteiger partial charge in [-0.2, -0.15) is 0 Å². The van der Waals surface area contributed by atoms with Gasteiger partial charge in [0.1, 0.15) is 5.78 Å². The highest BCUT2D eigenvalue weighted by Gasteiger charge is 2.15. The molecule has 0 fully saturated rings. The van der Waals surface area contributed by atoms with E-state index in [0.717, 1.165) is 23.5 Å². The van der Waals surface area contributed by atoms with E-state index >= 15 is 0 Å². The smallest absolute Gasteiger partial charge is 0.141 e. The molecule has 1 heterocycles. The maximum absolute atomic E-state index is 11.7. The Kier molecular flexibility index (Phi) is 4.26. The predicted octanol–water partition coefficient (Wildman–Crippen LogP) is 3.00. The van der Waals surface area contributed by atoms with Gasteiger partial charge >= 0.3 is 0 Å². The molecule has 0 aliphatic carbocycles. The first-order valence-corrected chi connectivity index (χ1v) is 5.99. The molecule has 2 nitrogen and oxygen atoms in total. The van der Waals surface area contributed by atoms with Gasteiger partial charge in [-0.1, -0.05) is 13.8 Å². The topological polar surface area (TPSA) is 30.0 Å². The van der Waals surface area contributed by atoms with E-state index in [2.05, 4.69) is 18.8 Å². The number of Topliss-reactive ketones (excluding diaryl/α,β-unsaturated/α-hetero) is 1. The number of rotatable bonds is 5. The van der Waals surface area contributed by atoms with Gasteiger partial charge < -0.3 is 0 Å². The largest absolute Gasteiger partial charge is 0.299 e. The first kappa shape index (κ1) is 11.4. The molecule has 1 aromatic rings. The molecule has 14 heavy (non-hydrogen) atoms. The Bertz CT molecular complexity index is 302. The summed E-state index contributed by atoms with van der Waals surface area (Å²) in [6.45, 7) is 6.10. The summed E-state index contributed by atoms with van der Waals surface area (Å²) in [6.07, 6.45) is 2.40. The molecule has 0 N–H and O–H groups in total. The van der Waals surface area contributed by atoms with E-state index in [1.807, 2.05) is 12.3 Å². The van der Waals surface area contributed by atoms with Crippen LogP contribution in [0, 0.1) is 12.8 Å². The number of hydrogen-bond acceptors (Lipinski definition) is 3. The molecular weight excluding hydrogens is 194 g/mol. The molecule has 78 valence electrons. The minimum absolute atomic E-state index is 0.219. The average molecular weight is 211 g/mol. The Balaban J connectivity index is 2.56. The second-order valence-electron chi connectivity index (χ2n) is 3.51. The molecule has 0 spiro atoms. The fourth-order valence-corrected chi connectivity index (χ4v) is 2.17. The molecule has 1 rings (SSSR count). The van der Waals surface area contributed by atoms with Crippen LogP contribution in [-0.4, -0.2) is 10.8 Å². The third-order valence-electron chi connectivity index (χ3n) is 2.46. The van der Waals surface area contributed by atoms with Gasteiger partial charge in [0.25, 0.3) is 0 Å². The van der Waals surface area contributed by atoms with Crippen LogP contribution >= 0.6 is 11.3 Å². The van der Waals surface area contributed by atoms with Gasteiger partial charge in [-0.25, -0.2) is 4.98 Å². The Morgan fingerprint density at radius 2 is 2.14 bits per heavy atom. The standard InChI is InChI=1S/C11H17NOS/c1-4-9(5-2)11(13)6-10-7-14-8(3)12-10/h7,9H,4-6H2,1-3H3. The summed E-state index contributed by atoms with van der Waals surface area (Å²) in [6, 6.07) is 0. The first-order chi connectivity index (χ1) is 6.67. The van der Waals surface area contributed by atoms with Crippen molar-refractivity contribution in [3.8, 4) is 0 Å². The minimum Gasteiger partial charge on any atom is -0.299 e. The highest BCUT2D eigenvalue weighted by molar-refractivity contribution is 7.09. The second kappa shape index (κ2) is 5.25. The molecule has 0 unspecified atom stereocenters. The normalized spacial score (nSPS) is 10.9. The Hall–Kier alpha value is -0.700. The summed E-state index contributed by atoms with van der Waals surface area (Å²) < 4.78 is 0. The molecular formula is C11H17NOS. The molecule has 0 bridgehead atoms. The lowest BCUT2D eigenvalue weighted by Gasteiger charge is -2.09. The van der Waals surface area contributed by atoms with Crippen LogP contribution in [0.15, 0.2) is 5.38 Å². The van der Waals surface area contributed by atoms with E-state index < -0.39 is 0 Å². The molecule has 1 aromatic heterocycles. The van der Waals surface area contributed by atoms with E-state index in [4.69, 9.17) is 0 Å². The van der Waals surface area contributed by atoms with Crippen molar-refractivity contribution in [3.05, 3.63) is 16.1 Å². The van der Waals surface area contributed by atoms with Gasteiger partial charge in [-0.3, -0.25) is 4.79 Å². The Morgan fingerprint density at radius 1 is 1.50 bits per heavy atom. The molecule has 0 radical (unpaired) electrons. The summed E-state index contributed by atoms with van der Waals surface area (Å²) in [5.41, 5.74) is 0.935. The van der Waals surface area contributed by atoms with Crippen LogP contribution in [0.25, 0.3) is 0 Å². The molecule has 0 amide bonds. The van der Waals surface area contributed by atoms with Crippen LogP contribution in [-0.2, 0) is 11.2 Å². The zero-order chi connectivity index (χ0) is 10.6. The lowest BCUT2D eigenvalue weighted by atomic mass is 9.95. The van der Waals surface area contributed by atoms with Crippen molar-refractivity contribution in [3.63, 3.8) is 0 Å². The van der Waals surface area contributed by atoms with Crippen LogP contribution in [0.3, 0.4) is 0 Å². The number of hydrogen-bond donors (Lipinski definition) is 0. The maximum Gasteiger partial charge on any atom is 0.141 e. The average Bonchev–Trinajstić information content (AvgIpc) is 2.53. The molecule has 0 saturated carbocycles. The number of aryl methyl sites for hydroxylation is 1. The van der Waals surface area contributed by atoms with Crippen molar-refractivity contribution in [1.82, 2.24) is 4.98 Å². The quantitative estimate of drug-likeness (QED) is 0.749. The number of ketones is 1. The predicted molar refractivity (Wildman–Crippen MR) is 59.6 cm³/mol. The summed E-state index contributed by atoms with van der Waals surface area (Å²) in [5.74, 6) is 0.553. The molecule has 3 heteroatoms. The van der Waals surface area contributed by atoms with Crippen molar-refractivity contribution in [2.45, 2.75) is 40.0 Å². The highest BCUT2D eigenvalue weighted by atomic mass is 32.1. The number of carbonyl (C=O) groups is 1. The maximum atomic E-state index is 11.7. The Morgan fingerprint density at radius 3 is 2.57 bits per heavy atom. The number of thiazole rings is 1. The second-order valence-corrected chi connectivity index (χ2v) is 4.58. The zero-order valence-corrected chi connectivity index (χ0v) is 9.86. The van der Waals surface area contributed by atoms with Crippen molar-refractivity contribution in [2.24, 2.45) is 5.92 Å². The van der Waals surface area contributed by atoms with Gasteiger partial charge in [0, 0.05) is 17.7 Å². The van der Waals surface area contributed by atoms with Gasteiger partial charge in [0.2, 0.25) is 0 Å². The van der Waals surface area contributed by atoms with Crippen molar-refractivity contribution >= 4 is 17.1 Å². The SMILES string of the molecule is CCC(CC)C(=O)Cc1csc(C)n1. The highest BCUT2D eigenvalue weighted by Crippen LogP contribution is 2.14. The summed E-state index contributed by atoms with van der Waals surface area (Å²) in [4.78, 5) is 16.0. The van der Waals surface area contributed by atoms with Crippen LogP contribution in [0.5, 0.6) is 0 Å². The molecule has 0 aliphatic rings. The van der Waals surface area contributed by atoms with E-state index in [-0.39, 0.29) is 5.92 Å². The number of aromatic nitrogens is 1. The van der Waals surface area contributed by atoms with E-state index in [9.17, 15) is 4.79 Å². The lowest BCUT2D eigenvalue weighted by molar-refractivity contribution is -0.122. The molecule has 0 atom stereocenters. The van der Waals surface area contributed by atoms with E-state index in [1.54, 1.807) is 11.3 Å². The third kappa shape index (κ3) is 2.91. The van der Waals surface area contributed by atoms with Crippen molar-refractivity contribution in [2.75, 3.05) is 0 Å². The van der Waals surface area contributed by atoms with Crippen molar-refractivity contribution < 1.29 is 4.79 Å². The lowest BCUT2D eigenvalue weighted by Crippen LogP contribution is -2.15. The van der Waals surface area contributed by atoms with Crippen LogP contribution in [0.2, 0.25) is 0 Å². The molecule has 0 saturated heterocycles. The third-order valence-corrected chi connectivity index (χ3v) is 3.29. The fraction of sp³-hybridized carbons (Fsp3) is 0.636. The number of nitrogens with zero attached hydrogens (tertiary/aromatic N) is 1. The summed E-state index contributed by atoms with van der Waals surface area (Å²) in [7, 11) is 0. The first-order valence-electron chi connectivity index (χ1n) is 5.11. The van der Waals surface area contributed by atoms with Gasteiger partial charge in [-0.05, 0) is 19.8 Å². The monoisotopic (exact) mass is 211 g/mol.